The first-order valence-electron chi connectivity index (χ1n) is 4.60. The molecular formula is C10H7Cl2N3O2. The molecule has 0 unspecified atom stereocenters. The van der Waals surface area contributed by atoms with Crippen molar-refractivity contribution in [3.8, 4) is 0 Å². The molecule has 0 aliphatic carbocycles. The number of nitrogens with one attached hydrogen (secondary N) is 3. The van der Waals surface area contributed by atoms with Crippen molar-refractivity contribution in [2.75, 3.05) is 5.32 Å². The van der Waals surface area contributed by atoms with Crippen LogP contribution in [0, 0.1) is 0 Å². The van der Waals surface area contributed by atoms with Gasteiger partial charge in [-0.15, -0.1) is 0 Å². The van der Waals surface area contributed by atoms with Crippen LogP contribution in [-0.2, 0) is 0 Å². The molecule has 5 nitrogen and oxygen atoms in total. The van der Waals surface area contributed by atoms with Crippen molar-refractivity contribution in [2.24, 2.45) is 0 Å². The number of aromatic nitrogens is 2. The molecule has 0 saturated heterocycles. The van der Waals surface area contributed by atoms with Gasteiger partial charge in [-0.05, 0) is 18.2 Å². The Morgan fingerprint density at radius 3 is 2.59 bits per heavy atom. The number of hydrogen-bond donors (Lipinski definition) is 3. The summed E-state index contributed by atoms with van der Waals surface area (Å²) in [5.74, 6) is -0.479. The van der Waals surface area contributed by atoms with Crippen LogP contribution >= 0.6 is 23.2 Å². The van der Waals surface area contributed by atoms with Crippen molar-refractivity contribution >= 4 is 34.8 Å². The molecule has 2 rings (SSSR count). The minimum absolute atomic E-state index is 0.117. The highest BCUT2D eigenvalue weighted by Crippen LogP contribution is 2.25. The number of anilines is 1. The van der Waals surface area contributed by atoms with E-state index in [0.29, 0.717) is 15.7 Å². The van der Waals surface area contributed by atoms with E-state index in [1.54, 1.807) is 12.1 Å². The number of amides is 1. The van der Waals surface area contributed by atoms with E-state index in [0.717, 1.165) is 6.07 Å². The monoisotopic (exact) mass is 271 g/mol. The average molecular weight is 272 g/mol. The molecule has 88 valence electrons. The second-order valence-corrected chi connectivity index (χ2v) is 4.09. The quantitative estimate of drug-likeness (QED) is 0.784. The molecule has 0 aliphatic heterocycles. The van der Waals surface area contributed by atoms with Gasteiger partial charge in [0, 0.05) is 11.1 Å². The summed E-state index contributed by atoms with van der Waals surface area (Å²) in [7, 11) is 0. The van der Waals surface area contributed by atoms with Crippen molar-refractivity contribution in [1.29, 1.82) is 0 Å². The van der Waals surface area contributed by atoms with Crippen LogP contribution in [0.1, 0.15) is 10.5 Å². The smallest absolute Gasteiger partial charge is 0.273 e. The fraction of sp³-hybridized carbons (Fsp3) is 0. The number of carbonyl (C=O) groups excluding carboxylic acids is 1. The molecule has 3 N–H and O–H groups in total. The largest absolute Gasteiger partial charge is 0.319 e. The number of aromatic amines is 2. The third-order valence-corrected chi connectivity index (χ3v) is 2.58. The molecule has 1 amide bonds. The maximum Gasteiger partial charge on any atom is 0.273 e. The van der Waals surface area contributed by atoms with Gasteiger partial charge in [0.05, 0.1) is 10.7 Å². The molecule has 0 bridgehead atoms. The van der Waals surface area contributed by atoms with Crippen LogP contribution < -0.4 is 10.9 Å². The van der Waals surface area contributed by atoms with Crippen LogP contribution in [0.15, 0.2) is 29.1 Å². The lowest BCUT2D eigenvalue weighted by Crippen LogP contribution is -2.12. The summed E-state index contributed by atoms with van der Waals surface area (Å²) in [5, 5.41) is 8.04. The number of benzene rings is 1. The molecular weight excluding hydrogens is 265 g/mol. The lowest BCUT2D eigenvalue weighted by molar-refractivity contribution is 0.102. The van der Waals surface area contributed by atoms with Gasteiger partial charge in [0.1, 0.15) is 5.69 Å². The molecule has 17 heavy (non-hydrogen) atoms. The van der Waals surface area contributed by atoms with Crippen LogP contribution in [0.3, 0.4) is 0 Å². The third kappa shape index (κ3) is 2.69. The fourth-order valence-electron chi connectivity index (χ4n) is 1.24. The summed E-state index contributed by atoms with van der Waals surface area (Å²) in [5.41, 5.74) is 0.115. The zero-order valence-electron chi connectivity index (χ0n) is 8.38. The van der Waals surface area contributed by atoms with E-state index < -0.39 is 5.91 Å². The van der Waals surface area contributed by atoms with Gasteiger partial charge in [0.25, 0.3) is 11.5 Å². The van der Waals surface area contributed by atoms with Crippen LogP contribution in [0.2, 0.25) is 10.0 Å². The maximum atomic E-state index is 11.7. The van der Waals surface area contributed by atoms with Gasteiger partial charge in [0.2, 0.25) is 0 Å². The van der Waals surface area contributed by atoms with Crippen LogP contribution in [-0.4, -0.2) is 16.1 Å². The van der Waals surface area contributed by atoms with Gasteiger partial charge in [-0.1, -0.05) is 23.2 Å². The lowest BCUT2D eigenvalue weighted by atomic mass is 10.3. The normalized spacial score (nSPS) is 10.2. The van der Waals surface area contributed by atoms with E-state index in [1.807, 2.05) is 0 Å². The fourth-order valence-corrected chi connectivity index (χ4v) is 1.57. The van der Waals surface area contributed by atoms with E-state index in [9.17, 15) is 9.59 Å². The molecule has 7 heteroatoms. The first-order valence-corrected chi connectivity index (χ1v) is 5.36. The molecule has 0 radical (unpaired) electrons. The Hall–Kier alpha value is -1.72. The zero-order chi connectivity index (χ0) is 12.4. The van der Waals surface area contributed by atoms with Gasteiger partial charge in [-0.3, -0.25) is 19.8 Å². The zero-order valence-corrected chi connectivity index (χ0v) is 9.89. The molecule has 2 aromatic rings. The highest BCUT2D eigenvalue weighted by molar-refractivity contribution is 6.35. The predicted octanol–water partition coefficient (Wildman–Crippen LogP) is 2.26. The minimum atomic E-state index is -0.479. The number of rotatable bonds is 2. The summed E-state index contributed by atoms with van der Waals surface area (Å²) in [6.07, 6.45) is 0. The van der Waals surface area contributed by atoms with Crippen molar-refractivity contribution in [2.45, 2.75) is 0 Å². The number of carbonyl (C=O) groups is 1. The van der Waals surface area contributed by atoms with Gasteiger partial charge in [-0.25, -0.2) is 0 Å². The van der Waals surface area contributed by atoms with Gasteiger partial charge >= 0.3 is 0 Å². The van der Waals surface area contributed by atoms with E-state index >= 15 is 0 Å². The molecule has 1 heterocycles. The van der Waals surface area contributed by atoms with Crippen LogP contribution in [0.25, 0.3) is 0 Å². The Labute approximate surface area is 106 Å². The summed E-state index contributed by atoms with van der Waals surface area (Å²) in [4.78, 5) is 22.5. The molecule has 1 aromatic carbocycles. The SMILES string of the molecule is O=C(Nc1cc(Cl)ccc1Cl)c1cc(=O)[nH][nH]1. The number of hydrogen-bond acceptors (Lipinski definition) is 2. The van der Waals surface area contributed by atoms with Gasteiger partial charge in [0.15, 0.2) is 0 Å². The summed E-state index contributed by atoms with van der Waals surface area (Å²) in [6, 6.07) is 5.84. The molecule has 1 aromatic heterocycles. The van der Waals surface area contributed by atoms with Crippen molar-refractivity contribution < 1.29 is 4.79 Å². The molecule has 0 saturated carbocycles. The highest BCUT2D eigenvalue weighted by atomic mass is 35.5. The van der Waals surface area contributed by atoms with Gasteiger partial charge in [-0.2, -0.15) is 0 Å². The lowest BCUT2D eigenvalue weighted by Gasteiger charge is -2.05. The minimum Gasteiger partial charge on any atom is -0.319 e. The van der Waals surface area contributed by atoms with Crippen molar-refractivity contribution in [3.05, 3.63) is 50.4 Å². The Morgan fingerprint density at radius 2 is 1.94 bits per heavy atom. The topological polar surface area (TPSA) is 77.8 Å². The Bertz CT molecular complexity index is 618. The number of halogens is 2. The molecule has 0 fully saturated rings. The Kier molecular flexibility index (Phi) is 3.21. The predicted molar refractivity (Wildman–Crippen MR) is 65.8 cm³/mol. The molecule has 0 aliphatic rings. The third-order valence-electron chi connectivity index (χ3n) is 2.02. The molecule has 0 spiro atoms. The van der Waals surface area contributed by atoms with Gasteiger partial charge < -0.3 is 5.32 Å². The second kappa shape index (κ2) is 4.65. The molecule has 0 atom stereocenters. The average Bonchev–Trinajstić information content (AvgIpc) is 2.70. The second-order valence-electron chi connectivity index (χ2n) is 3.25. The van der Waals surface area contributed by atoms with E-state index in [1.165, 1.54) is 6.07 Å². The van der Waals surface area contributed by atoms with E-state index in [2.05, 4.69) is 15.5 Å². The summed E-state index contributed by atoms with van der Waals surface area (Å²) >= 11 is 11.7. The van der Waals surface area contributed by atoms with Crippen molar-refractivity contribution in [3.63, 3.8) is 0 Å². The van der Waals surface area contributed by atoms with Crippen LogP contribution in [0.5, 0.6) is 0 Å². The first kappa shape index (κ1) is 11.8. The van der Waals surface area contributed by atoms with E-state index in [-0.39, 0.29) is 11.3 Å². The van der Waals surface area contributed by atoms with Crippen molar-refractivity contribution in [1.82, 2.24) is 10.2 Å². The summed E-state index contributed by atoms with van der Waals surface area (Å²) < 4.78 is 0. The summed E-state index contributed by atoms with van der Waals surface area (Å²) in [6.45, 7) is 0. The van der Waals surface area contributed by atoms with Crippen LogP contribution in [0.4, 0.5) is 5.69 Å². The number of H-pyrrole nitrogens is 2. The maximum absolute atomic E-state index is 11.7. The van der Waals surface area contributed by atoms with E-state index in [4.69, 9.17) is 23.2 Å². The Morgan fingerprint density at radius 1 is 1.18 bits per heavy atom. The highest BCUT2D eigenvalue weighted by Gasteiger charge is 2.10. The Balaban J connectivity index is 2.24. The standard InChI is InChI=1S/C10H7Cl2N3O2/c11-5-1-2-6(12)7(3-5)13-10(17)8-4-9(16)15-14-8/h1-4H,(H,13,17)(H2,14,15,16). The first-order chi connectivity index (χ1) is 8.06.